The van der Waals surface area contributed by atoms with Crippen molar-refractivity contribution in [3.8, 4) is 0 Å². The molecule has 0 spiro atoms. The van der Waals surface area contributed by atoms with Gasteiger partial charge in [0.25, 0.3) is 0 Å². The lowest BCUT2D eigenvalue weighted by atomic mass is 10.2. The van der Waals surface area contributed by atoms with Crippen LogP contribution in [-0.2, 0) is 0 Å². The molecule has 1 aromatic heterocycles. The Bertz CT molecular complexity index is 863. The van der Waals surface area contributed by atoms with Crippen molar-refractivity contribution < 1.29 is 0 Å². The number of hydrogen-bond acceptors (Lipinski definition) is 4. The van der Waals surface area contributed by atoms with Gasteiger partial charge in [0.05, 0.1) is 16.2 Å². The summed E-state index contributed by atoms with van der Waals surface area (Å²) in [6.07, 6.45) is 0. The minimum Gasteiger partial charge on any atom is -0.356 e. The van der Waals surface area contributed by atoms with Crippen LogP contribution in [0.2, 0.25) is 10.0 Å². The molecule has 0 saturated heterocycles. The van der Waals surface area contributed by atoms with E-state index in [-0.39, 0.29) is 0 Å². The minimum absolute atomic E-state index is 0.500. The molecule has 0 atom stereocenters. The van der Waals surface area contributed by atoms with Gasteiger partial charge in [0.2, 0.25) is 5.95 Å². The van der Waals surface area contributed by atoms with Crippen LogP contribution in [0.5, 0.6) is 0 Å². The average Bonchev–Trinajstić information content (AvgIpc) is 2.59. The Morgan fingerprint density at radius 1 is 1.00 bits per heavy atom. The summed E-state index contributed by atoms with van der Waals surface area (Å²) in [6.45, 7) is 5.96. The van der Waals surface area contributed by atoms with Gasteiger partial charge in [-0.15, -0.1) is 0 Å². The average molecular weight is 361 g/mol. The summed E-state index contributed by atoms with van der Waals surface area (Å²) in [7, 11) is 0. The van der Waals surface area contributed by atoms with Gasteiger partial charge in [-0.05, 0) is 44.2 Å². The second-order valence-electron chi connectivity index (χ2n) is 5.31. The zero-order chi connectivity index (χ0) is 17.1. The molecule has 0 bridgehead atoms. The van der Waals surface area contributed by atoms with E-state index in [1.54, 1.807) is 18.2 Å². The number of anilines is 3. The lowest BCUT2D eigenvalue weighted by Crippen LogP contribution is -2.23. The van der Waals surface area contributed by atoms with E-state index >= 15 is 0 Å². The molecule has 0 saturated carbocycles. The molecule has 0 aliphatic carbocycles. The molecule has 0 radical (unpaired) electrons. The molecule has 0 amide bonds. The number of aromatic nitrogens is 2. The predicted molar refractivity (Wildman–Crippen MR) is 103 cm³/mol. The number of halogens is 2. The summed E-state index contributed by atoms with van der Waals surface area (Å²) in [6, 6.07) is 13.3. The van der Waals surface area contributed by atoms with Gasteiger partial charge in [-0.2, -0.15) is 4.98 Å². The topological polar surface area (TPSA) is 41.1 Å². The largest absolute Gasteiger partial charge is 0.356 e. The standard InChI is InChI=1S/C18H18Cl2N4/c1-3-24(4-2)17-13-7-5-6-8-15(13)21-18(23-17)22-16-11-12(19)9-10-14(16)20/h5-11H,3-4H2,1-2H3,(H,21,22,23). The highest BCUT2D eigenvalue weighted by Crippen LogP contribution is 2.30. The Morgan fingerprint density at radius 3 is 2.50 bits per heavy atom. The molecule has 4 nitrogen and oxygen atoms in total. The van der Waals surface area contributed by atoms with Gasteiger partial charge in [0.1, 0.15) is 5.82 Å². The van der Waals surface area contributed by atoms with E-state index in [2.05, 4.69) is 29.0 Å². The molecular formula is C18H18Cl2N4. The van der Waals surface area contributed by atoms with Gasteiger partial charge >= 0.3 is 0 Å². The fourth-order valence-corrected chi connectivity index (χ4v) is 2.93. The zero-order valence-corrected chi connectivity index (χ0v) is 15.1. The summed E-state index contributed by atoms with van der Waals surface area (Å²) in [4.78, 5) is 11.5. The zero-order valence-electron chi connectivity index (χ0n) is 13.6. The van der Waals surface area contributed by atoms with E-state index in [4.69, 9.17) is 28.2 Å². The summed E-state index contributed by atoms with van der Waals surface area (Å²) in [5.74, 6) is 1.41. The summed E-state index contributed by atoms with van der Waals surface area (Å²) >= 11 is 12.3. The molecule has 3 aromatic rings. The first-order valence-corrected chi connectivity index (χ1v) is 8.61. The van der Waals surface area contributed by atoms with Crippen LogP contribution in [0.1, 0.15) is 13.8 Å². The summed E-state index contributed by atoms with van der Waals surface area (Å²) in [5, 5.41) is 5.39. The highest BCUT2D eigenvalue weighted by Gasteiger charge is 2.13. The Morgan fingerprint density at radius 2 is 1.75 bits per heavy atom. The second-order valence-corrected chi connectivity index (χ2v) is 6.15. The van der Waals surface area contributed by atoms with Crippen molar-refractivity contribution in [2.45, 2.75) is 13.8 Å². The molecular weight excluding hydrogens is 343 g/mol. The first kappa shape index (κ1) is 16.8. The van der Waals surface area contributed by atoms with Gasteiger partial charge < -0.3 is 10.2 Å². The number of nitrogens with one attached hydrogen (secondary N) is 1. The van der Waals surface area contributed by atoms with Crippen LogP contribution in [0.25, 0.3) is 10.9 Å². The molecule has 1 N–H and O–H groups in total. The molecule has 0 unspecified atom stereocenters. The predicted octanol–water partition coefficient (Wildman–Crippen LogP) is 5.53. The van der Waals surface area contributed by atoms with Crippen LogP contribution < -0.4 is 10.2 Å². The molecule has 0 aliphatic heterocycles. The van der Waals surface area contributed by atoms with Crippen molar-refractivity contribution >= 4 is 51.6 Å². The number of hydrogen-bond donors (Lipinski definition) is 1. The van der Waals surface area contributed by atoms with Crippen LogP contribution in [0.15, 0.2) is 42.5 Å². The first-order chi connectivity index (χ1) is 11.6. The molecule has 24 heavy (non-hydrogen) atoms. The van der Waals surface area contributed by atoms with Gasteiger partial charge in [0, 0.05) is 23.5 Å². The van der Waals surface area contributed by atoms with Crippen molar-refractivity contribution in [1.82, 2.24) is 9.97 Å². The lowest BCUT2D eigenvalue weighted by molar-refractivity contribution is 0.850. The SMILES string of the molecule is CCN(CC)c1nc(Nc2cc(Cl)ccc2Cl)nc2ccccc12. The summed E-state index contributed by atoms with van der Waals surface area (Å²) < 4.78 is 0. The Kier molecular flexibility index (Phi) is 5.07. The number of rotatable bonds is 5. The van der Waals surface area contributed by atoms with Crippen molar-refractivity contribution in [3.63, 3.8) is 0 Å². The van der Waals surface area contributed by atoms with E-state index in [1.807, 2.05) is 24.3 Å². The molecule has 3 rings (SSSR count). The van der Waals surface area contributed by atoms with Crippen molar-refractivity contribution in [3.05, 3.63) is 52.5 Å². The van der Waals surface area contributed by atoms with Crippen molar-refractivity contribution in [1.29, 1.82) is 0 Å². The monoisotopic (exact) mass is 360 g/mol. The molecule has 0 aliphatic rings. The Balaban J connectivity index is 2.10. The lowest BCUT2D eigenvalue weighted by Gasteiger charge is -2.22. The maximum atomic E-state index is 6.23. The van der Waals surface area contributed by atoms with E-state index in [0.717, 1.165) is 29.8 Å². The van der Waals surface area contributed by atoms with Gasteiger partial charge in [-0.25, -0.2) is 4.98 Å². The first-order valence-electron chi connectivity index (χ1n) is 7.86. The van der Waals surface area contributed by atoms with E-state index in [9.17, 15) is 0 Å². The van der Waals surface area contributed by atoms with Gasteiger partial charge in [-0.3, -0.25) is 0 Å². The summed E-state index contributed by atoms with van der Waals surface area (Å²) in [5.41, 5.74) is 1.57. The smallest absolute Gasteiger partial charge is 0.229 e. The maximum Gasteiger partial charge on any atom is 0.229 e. The van der Waals surface area contributed by atoms with E-state index < -0.39 is 0 Å². The number of benzene rings is 2. The highest BCUT2D eigenvalue weighted by atomic mass is 35.5. The normalized spacial score (nSPS) is 10.8. The fourth-order valence-electron chi connectivity index (χ4n) is 2.59. The van der Waals surface area contributed by atoms with E-state index in [0.29, 0.717) is 21.7 Å². The fraction of sp³-hybridized carbons (Fsp3) is 0.222. The van der Waals surface area contributed by atoms with E-state index in [1.165, 1.54) is 0 Å². The van der Waals surface area contributed by atoms with Crippen molar-refractivity contribution in [2.24, 2.45) is 0 Å². The van der Waals surface area contributed by atoms with Gasteiger partial charge in [0.15, 0.2) is 0 Å². The van der Waals surface area contributed by atoms with Crippen LogP contribution in [0, 0.1) is 0 Å². The molecule has 6 heteroatoms. The Hall–Kier alpha value is -2.04. The number of fused-ring (bicyclic) bond motifs is 1. The molecule has 0 fully saturated rings. The highest BCUT2D eigenvalue weighted by molar-refractivity contribution is 6.35. The third-order valence-electron chi connectivity index (χ3n) is 3.82. The second kappa shape index (κ2) is 7.24. The van der Waals surface area contributed by atoms with Crippen LogP contribution in [0.4, 0.5) is 17.5 Å². The van der Waals surface area contributed by atoms with Gasteiger partial charge in [-0.1, -0.05) is 35.3 Å². The van der Waals surface area contributed by atoms with Crippen LogP contribution in [0.3, 0.4) is 0 Å². The third-order valence-corrected chi connectivity index (χ3v) is 4.39. The minimum atomic E-state index is 0.500. The maximum absolute atomic E-state index is 6.23. The van der Waals surface area contributed by atoms with Crippen LogP contribution in [-0.4, -0.2) is 23.1 Å². The third kappa shape index (κ3) is 3.40. The Labute approximate surface area is 151 Å². The molecule has 2 aromatic carbocycles. The quantitative estimate of drug-likeness (QED) is 0.649. The number of nitrogens with zero attached hydrogens (tertiary/aromatic N) is 3. The molecule has 124 valence electrons. The number of para-hydroxylation sites is 1. The van der Waals surface area contributed by atoms with Crippen LogP contribution >= 0.6 is 23.2 Å². The molecule has 1 heterocycles. The van der Waals surface area contributed by atoms with Crippen molar-refractivity contribution in [2.75, 3.05) is 23.3 Å².